The first-order valence-electron chi connectivity index (χ1n) is 9.85. The molecule has 6 nitrogen and oxygen atoms in total. The zero-order valence-electron chi connectivity index (χ0n) is 16.7. The normalized spacial score (nSPS) is 20.1. The molecule has 0 amide bonds. The Morgan fingerprint density at radius 2 is 1.85 bits per heavy atom. The number of methoxy groups -OCH3 is 1. The molecule has 2 aromatic rings. The molecule has 1 fully saturated rings. The molecule has 0 radical (unpaired) electrons. The standard InChI is InChI=1S/C21H32N4O2/c1-22-12-13-25(2)15-17-14-23-24-21(17)16-4-6-19(7-5-16)27-20-10-8-18(26-3)9-11-20/h4-7,14,18,20,22H,8-13,15H2,1-3H3,(H,23,24). The maximum atomic E-state index is 6.16. The van der Waals surface area contributed by atoms with E-state index in [1.165, 1.54) is 5.56 Å². The average molecular weight is 373 g/mol. The Hall–Kier alpha value is -1.89. The van der Waals surface area contributed by atoms with Crippen molar-refractivity contribution in [3.8, 4) is 17.0 Å². The molecule has 1 aromatic carbocycles. The van der Waals surface area contributed by atoms with Crippen LogP contribution in [0.25, 0.3) is 11.3 Å². The number of likely N-dealkylation sites (N-methyl/N-ethyl adjacent to an activating group) is 2. The van der Waals surface area contributed by atoms with E-state index in [4.69, 9.17) is 9.47 Å². The second-order valence-electron chi connectivity index (χ2n) is 7.39. The van der Waals surface area contributed by atoms with Crippen LogP contribution >= 0.6 is 0 Å². The largest absolute Gasteiger partial charge is 0.490 e. The van der Waals surface area contributed by atoms with E-state index in [9.17, 15) is 0 Å². The minimum absolute atomic E-state index is 0.297. The summed E-state index contributed by atoms with van der Waals surface area (Å²) in [5.41, 5.74) is 3.43. The zero-order valence-corrected chi connectivity index (χ0v) is 16.7. The molecular weight excluding hydrogens is 340 g/mol. The maximum Gasteiger partial charge on any atom is 0.119 e. The molecule has 0 unspecified atom stereocenters. The smallest absolute Gasteiger partial charge is 0.119 e. The van der Waals surface area contributed by atoms with Crippen molar-refractivity contribution in [2.24, 2.45) is 0 Å². The third-order valence-corrected chi connectivity index (χ3v) is 5.30. The topological polar surface area (TPSA) is 62.4 Å². The summed E-state index contributed by atoms with van der Waals surface area (Å²) in [6.45, 7) is 2.84. The molecule has 0 atom stereocenters. The summed E-state index contributed by atoms with van der Waals surface area (Å²) in [5.74, 6) is 0.937. The van der Waals surface area contributed by atoms with Gasteiger partial charge in [-0.15, -0.1) is 0 Å². The van der Waals surface area contributed by atoms with E-state index in [1.54, 1.807) is 7.11 Å². The molecular formula is C21H32N4O2. The number of nitrogens with one attached hydrogen (secondary N) is 2. The summed E-state index contributed by atoms with van der Waals surface area (Å²) in [4.78, 5) is 2.29. The fraction of sp³-hybridized carbons (Fsp3) is 0.571. The van der Waals surface area contributed by atoms with Crippen LogP contribution in [0, 0.1) is 0 Å². The lowest BCUT2D eigenvalue weighted by atomic mass is 9.95. The SMILES string of the molecule is CNCCN(C)Cc1cn[nH]c1-c1ccc(OC2CCC(OC)CC2)cc1. The molecule has 0 saturated heterocycles. The summed E-state index contributed by atoms with van der Waals surface area (Å²) >= 11 is 0. The van der Waals surface area contributed by atoms with Crippen LogP contribution in [-0.2, 0) is 11.3 Å². The number of aromatic nitrogens is 2. The number of rotatable bonds is 9. The van der Waals surface area contributed by atoms with E-state index >= 15 is 0 Å². The molecule has 0 bridgehead atoms. The van der Waals surface area contributed by atoms with E-state index in [0.717, 1.165) is 62.3 Å². The highest BCUT2D eigenvalue weighted by Gasteiger charge is 2.22. The quantitative estimate of drug-likeness (QED) is 0.708. The molecule has 1 heterocycles. The molecule has 1 aliphatic carbocycles. The maximum absolute atomic E-state index is 6.16. The number of ether oxygens (including phenoxy) is 2. The van der Waals surface area contributed by atoms with Gasteiger partial charge in [0.2, 0.25) is 0 Å². The fourth-order valence-electron chi connectivity index (χ4n) is 3.63. The van der Waals surface area contributed by atoms with Crippen molar-refractivity contribution in [2.75, 3.05) is 34.3 Å². The van der Waals surface area contributed by atoms with Gasteiger partial charge in [-0.1, -0.05) is 0 Å². The van der Waals surface area contributed by atoms with Gasteiger partial charge in [0.1, 0.15) is 5.75 Å². The van der Waals surface area contributed by atoms with E-state index in [0.29, 0.717) is 12.2 Å². The summed E-state index contributed by atoms with van der Waals surface area (Å²) in [6, 6.07) is 8.35. The highest BCUT2D eigenvalue weighted by atomic mass is 16.5. The highest BCUT2D eigenvalue weighted by molar-refractivity contribution is 5.63. The van der Waals surface area contributed by atoms with Gasteiger partial charge in [0.15, 0.2) is 0 Å². The molecule has 1 aromatic heterocycles. The Kier molecular flexibility index (Phi) is 7.26. The van der Waals surface area contributed by atoms with Crippen molar-refractivity contribution >= 4 is 0 Å². The molecule has 6 heteroatoms. The summed E-state index contributed by atoms with van der Waals surface area (Å²) in [5, 5.41) is 10.6. The van der Waals surface area contributed by atoms with Crippen molar-refractivity contribution < 1.29 is 9.47 Å². The van der Waals surface area contributed by atoms with Crippen molar-refractivity contribution in [3.05, 3.63) is 36.0 Å². The van der Waals surface area contributed by atoms with Crippen molar-refractivity contribution in [1.29, 1.82) is 0 Å². The van der Waals surface area contributed by atoms with Crippen LogP contribution in [0.3, 0.4) is 0 Å². The lowest BCUT2D eigenvalue weighted by Crippen LogP contribution is -2.27. The lowest BCUT2D eigenvalue weighted by molar-refractivity contribution is 0.0327. The van der Waals surface area contributed by atoms with Crippen LogP contribution in [0.4, 0.5) is 0 Å². The van der Waals surface area contributed by atoms with E-state index in [2.05, 4.69) is 51.7 Å². The molecule has 1 aliphatic rings. The summed E-state index contributed by atoms with van der Waals surface area (Å²) in [6.07, 6.45) is 6.90. The lowest BCUT2D eigenvalue weighted by Gasteiger charge is -2.28. The molecule has 148 valence electrons. The van der Waals surface area contributed by atoms with Gasteiger partial charge in [0, 0.05) is 37.9 Å². The zero-order chi connectivity index (χ0) is 19.1. The Morgan fingerprint density at radius 3 is 2.52 bits per heavy atom. The first kappa shape index (κ1) is 19.9. The second-order valence-corrected chi connectivity index (χ2v) is 7.39. The average Bonchev–Trinajstić information content (AvgIpc) is 3.15. The number of nitrogens with zero attached hydrogens (tertiary/aromatic N) is 2. The van der Waals surface area contributed by atoms with Gasteiger partial charge in [-0.25, -0.2) is 0 Å². The number of aromatic amines is 1. The van der Waals surface area contributed by atoms with Gasteiger partial charge < -0.3 is 19.7 Å². The Labute approximate surface area is 162 Å². The van der Waals surface area contributed by atoms with Crippen LogP contribution in [0.2, 0.25) is 0 Å². The minimum Gasteiger partial charge on any atom is -0.490 e. The second kappa shape index (κ2) is 9.88. The molecule has 2 N–H and O–H groups in total. The van der Waals surface area contributed by atoms with E-state index in [-0.39, 0.29) is 0 Å². The van der Waals surface area contributed by atoms with Crippen LogP contribution in [0.15, 0.2) is 30.5 Å². The Morgan fingerprint density at radius 1 is 1.15 bits per heavy atom. The monoisotopic (exact) mass is 372 g/mol. The number of benzene rings is 1. The predicted molar refractivity (Wildman–Crippen MR) is 108 cm³/mol. The molecule has 1 saturated carbocycles. The number of H-pyrrole nitrogens is 1. The van der Waals surface area contributed by atoms with Gasteiger partial charge in [0.05, 0.1) is 24.1 Å². The highest BCUT2D eigenvalue weighted by Crippen LogP contribution is 2.28. The van der Waals surface area contributed by atoms with Gasteiger partial charge >= 0.3 is 0 Å². The van der Waals surface area contributed by atoms with Gasteiger partial charge in [-0.2, -0.15) is 5.10 Å². The summed E-state index contributed by atoms with van der Waals surface area (Å²) < 4.78 is 11.6. The number of hydrogen-bond acceptors (Lipinski definition) is 5. The van der Waals surface area contributed by atoms with E-state index < -0.39 is 0 Å². The van der Waals surface area contributed by atoms with Gasteiger partial charge in [-0.05, 0) is 64.0 Å². The van der Waals surface area contributed by atoms with E-state index in [1.807, 2.05) is 13.2 Å². The third-order valence-electron chi connectivity index (χ3n) is 5.30. The fourth-order valence-corrected chi connectivity index (χ4v) is 3.63. The molecule has 0 spiro atoms. The van der Waals surface area contributed by atoms with Crippen LogP contribution in [-0.4, -0.2) is 61.6 Å². The first-order valence-corrected chi connectivity index (χ1v) is 9.85. The van der Waals surface area contributed by atoms with Crippen LogP contribution in [0.5, 0.6) is 5.75 Å². The first-order chi connectivity index (χ1) is 13.2. The van der Waals surface area contributed by atoms with Crippen LogP contribution < -0.4 is 10.1 Å². The van der Waals surface area contributed by atoms with Crippen molar-refractivity contribution in [3.63, 3.8) is 0 Å². The summed E-state index contributed by atoms with van der Waals surface area (Å²) in [7, 11) is 5.90. The van der Waals surface area contributed by atoms with Gasteiger partial charge in [-0.3, -0.25) is 5.10 Å². The molecule has 3 rings (SSSR count). The predicted octanol–water partition coefficient (Wildman–Crippen LogP) is 3.06. The number of hydrogen-bond donors (Lipinski definition) is 2. The Bertz CT molecular complexity index is 678. The molecule has 0 aliphatic heterocycles. The van der Waals surface area contributed by atoms with Crippen LogP contribution in [0.1, 0.15) is 31.2 Å². The van der Waals surface area contributed by atoms with Crippen molar-refractivity contribution in [2.45, 2.75) is 44.4 Å². The molecule has 27 heavy (non-hydrogen) atoms. The Balaban J connectivity index is 1.58. The third kappa shape index (κ3) is 5.54. The van der Waals surface area contributed by atoms with Gasteiger partial charge in [0.25, 0.3) is 0 Å². The minimum atomic E-state index is 0.297. The van der Waals surface area contributed by atoms with Crippen molar-refractivity contribution in [1.82, 2.24) is 20.4 Å².